The molecule has 0 rings (SSSR count). The molecule has 0 saturated heterocycles. The standard InChI is InChI=1S/C19H39NO2Si/c1-7-13-18(20(3)16-17-23(4,5)6)14-11-9-10-12-15-19(21)22-8-2/h14H,7-13,15-17H2,1-6H3/b18-14-. The Morgan fingerprint density at radius 2 is 1.78 bits per heavy atom. The average molecular weight is 342 g/mol. The number of unbranched alkanes of at least 4 members (excludes halogenated alkanes) is 3. The first kappa shape index (κ1) is 22.2. The highest BCUT2D eigenvalue weighted by Gasteiger charge is 2.14. The van der Waals surface area contributed by atoms with Gasteiger partial charge in [0, 0.05) is 33.8 Å². The van der Waals surface area contributed by atoms with Gasteiger partial charge in [0.2, 0.25) is 0 Å². The Labute approximate surface area is 145 Å². The highest BCUT2D eigenvalue weighted by molar-refractivity contribution is 6.76. The number of nitrogens with zero attached hydrogens (tertiary/aromatic N) is 1. The van der Waals surface area contributed by atoms with Crippen molar-refractivity contribution in [2.45, 2.75) is 84.5 Å². The molecule has 0 aliphatic carbocycles. The largest absolute Gasteiger partial charge is 0.466 e. The minimum Gasteiger partial charge on any atom is -0.466 e. The van der Waals surface area contributed by atoms with Crippen LogP contribution in [-0.4, -0.2) is 39.1 Å². The molecule has 0 amide bonds. The fraction of sp³-hybridized carbons (Fsp3) is 0.842. The van der Waals surface area contributed by atoms with E-state index in [0.29, 0.717) is 13.0 Å². The Bertz CT molecular complexity index is 348. The summed E-state index contributed by atoms with van der Waals surface area (Å²) in [5.74, 6) is -0.0548. The van der Waals surface area contributed by atoms with Gasteiger partial charge in [-0.25, -0.2) is 0 Å². The maximum Gasteiger partial charge on any atom is 0.305 e. The quantitative estimate of drug-likeness (QED) is 0.253. The molecule has 0 saturated carbocycles. The molecule has 136 valence electrons. The molecule has 0 heterocycles. The number of carbonyl (C=O) groups excluding carboxylic acids is 1. The van der Waals surface area contributed by atoms with Gasteiger partial charge in [0.1, 0.15) is 0 Å². The lowest BCUT2D eigenvalue weighted by molar-refractivity contribution is -0.143. The monoisotopic (exact) mass is 341 g/mol. The number of rotatable bonds is 13. The summed E-state index contributed by atoms with van der Waals surface area (Å²) in [5, 5.41) is 0. The van der Waals surface area contributed by atoms with Gasteiger partial charge in [-0.2, -0.15) is 0 Å². The third-order valence-corrected chi connectivity index (χ3v) is 5.69. The van der Waals surface area contributed by atoms with Crippen molar-refractivity contribution in [3.05, 3.63) is 11.8 Å². The number of hydrogen-bond donors (Lipinski definition) is 0. The van der Waals surface area contributed by atoms with Gasteiger partial charge in [0.25, 0.3) is 0 Å². The van der Waals surface area contributed by atoms with Gasteiger partial charge in [0.15, 0.2) is 0 Å². The van der Waals surface area contributed by atoms with E-state index in [1.54, 1.807) is 0 Å². The maximum atomic E-state index is 11.3. The van der Waals surface area contributed by atoms with Crippen LogP contribution in [0.3, 0.4) is 0 Å². The summed E-state index contributed by atoms with van der Waals surface area (Å²) in [7, 11) is 1.27. The van der Waals surface area contributed by atoms with Gasteiger partial charge in [-0.15, -0.1) is 0 Å². The predicted octanol–water partition coefficient (Wildman–Crippen LogP) is 5.45. The van der Waals surface area contributed by atoms with E-state index in [1.165, 1.54) is 31.1 Å². The van der Waals surface area contributed by atoms with E-state index in [1.807, 2.05) is 6.92 Å². The third kappa shape index (κ3) is 13.4. The van der Waals surface area contributed by atoms with Gasteiger partial charge in [0.05, 0.1) is 6.61 Å². The first-order chi connectivity index (χ1) is 10.8. The molecule has 23 heavy (non-hydrogen) atoms. The average Bonchev–Trinajstić information content (AvgIpc) is 2.46. The number of esters is 1. The van der Waals surface area contributed by atoms with Crippen molar-refractivity contribution in [1.82, 2.24) is 4.90 Å². The second-order valence-electron chi connectivity index (χ2n) is 7.58. The van der Waals surface area contributed by atoms with Crippen LogP contribution in [0, 0.1) is 0 Å². The molecule has 0 N–H and O–H groups in total. The molecular weight excluding hydrogens is 302 g/mol. The van der Waals surface area contributed by atoms with Crippen molar-refractivity contribution in [3.8, 4) is 0 Å². The van der Waals surface area contributed by atoms with Gasteiger partial charge in [-0.05, 0) is 38.7 Å². The summed E-state index contributed by atoms with van der Waals surface area (Å²) in [6.45, 7) is 13.1. The molecular formula is C19H39NO2Si. The molecule has 0 spiro atoms. The van der Waals surface area contributed by atoms with E-state index in [9.17, 15) is 4.79 Å². The molecule has 0 fully saturated rings. The minimum atomic E-state index is -0.968. The predicted molar refractivity (Wildman–Crippen MR) is 103 cm³/mol. The Hall–Kier alpha value is -0.773. The lowest BCUT2D eigenvalue weighted by Gasteiger charge is -2.26. The van der Waals surface area contributed by atoms with Gasteiger partial charge >= 0.3 is 5.97 Å². The minimum absolute atomic E-state index is 0.0548. The molecule has 0 aromatic rings. The smallest absolute Gasteiger partial charge is 0.305 e. The number of ether oxygens (including phenoxy) is 1. The number of hydrogen-bond acceptors (Lipinski definition) is 3. The summed E-state index contributed by atoms with van der Waals surface area (Å²) in [5.41, 5.74) is 1.50. The fourth-order valence-electron chi connectivity index (χ4n) is 2.44. The van der Waals surface area contributed by atoms with Gasteiger partial charge < -0.3 is 9.64 Å². The SMILES string of the molecule is CCC/C(=C/CCCCCC(=O)OCC)N(C)CC[Si](C)(C)C. The maximum absolute atomic E-state index is 11.3. The molecule has 0 aliphatic rings. The molecule has 0 unspecified atom stereocenters. The van der Waals surface area contributed by atoms with E-state index < -0.39 is 8.07 Å². The highest BCUT2D eigenvalue weighted by Crippen LogP contribution is 2.16. The summed E-state index contributed by atoms with van der Waals surface area (Å²) in [6.07, 6.45) is 9.68. The molecule has 0 aromatic heterocycles. The van der Waals surface area contributed by atoms with Gasteiger partial charge in [-0.1, -0.05) is 45.5 Å². The first-order valence-electron chi connectivity index (χ1n) is 9.36. The van der Waals surface area contributed by atoms with E-state index >= 15 is 0 Å². The number of allylic oxidation sites excluding steroid dienone is 2. The van der Waals surface area contributed by atoms with Crippen LogP contribution in [0.1, 0.15) is 58.8 Å². The van der Waals surface area contributed by atoms with Crippen LogP contribution in [-0.2, 0) is 9.53 Å². The van der Waals surface area contributed by atoms with Crippen LogP contribution in [0.5, 0.6) is 0 Å². The van der Waals surface area contributed by atoms with Crippen molar-refractivity contribution in [3.63, 3.8) is 0 Å². The second kappa shape index (κ2) is 12.6. The molecule has 3 nitrogen and oxygen atoms in total. The summed E-state index contributed by atoms with van der Waals surface area (Å²) in [4.78, 5) is 13.7. The Morgan fingerprint density at radius 3 is 2.35 bits per heavy atom. The molecule has 0 aliphatic heterocycles. The third-order valence-electron chi connectivity index (χ3n) is 3.96. The molecule has 0 bridgehead atoms. The lowest BCUT2D eigenvalue weighted by atomic mass is 10.1. The van der Waals surface area contributed by atoms with Crippen molar-refractivity contribution >= 4 is 14.0 Å². The summed E-state index contributed by atoms with van der Waals surface area (Å²) in [6, 6.07) is 1.35. The Kier molecular flexibility index (Phi) is 12.2. The Morgan fingerprint density at radius 1 is 1.09 bits per heavy atom. The second-order valence-corrected chi connectivity index (χ2v) is 13.2. The first-order valence-corrected chi connectivity index (χ1v) is 13.1. The Balaban J connectivity index is 4.08. The van der Waals surface area contributed by atoms with E-state index in [2.05, 4.69) is 44.6 Å². The van der Waals surface area contributed by atoms with Crippen LogP contribution < -0.4 is 0 Å². The normalized spacial score (nSPS) is 12.3. The summed E-state index contributed by atoms with van der Waals surface area (Å²) < 4.78 is 4.95. The van der Waals surface area contributed by atoms with Crippen LogP contribution in [0.25, 0.3) is 0 Å². The van der Waals surface area contributed by atoms with Crippen molar-refractivity contribution in [2.75, 3.05) is 20.2 Å². The zero-order chi connectivity index (χ0) is 17.7. The fourth-order valence-corrected chi connectivity index (χ4v) is 3.45. The van der Waals surface area contributed by atoms with E-state index in [0.717, 1.165) is 25.7 Å². The zero-order valence-electron chi connectivity index (χ0n) is 16.4. The molecule has 0 atom stereocenters. The van der Waals surface area contributed by atoms with Crippen molar-refractivity contribution < 1.29 is 9.53 Å². The van der Waals surface area contributed by atoms with Crippen molar-refractivity contribution in [2.24, 2.45) is 0 Å². The highest BCUT2D eigenvalue weighted by atomic mass is 28.3. The van der Waals surface area contributed by atoms with E-state index in [-0.39, 0.29) is 5.97 Å². The molecule has 4 heteroatoms. The van der Waals surface area contributed by atoms with Crippen LogP contribution in [0.2, 0.25) is 25.7 Å². The lowest BCUT2D eigenvalue weighted by Crippen LogP contribution is -2.28. The summed E-state index contributed by atoms with van der Waals surface area (Å²) >= 11 is 0. The van der Waals surface area contributed by atoms with Crippen LogP contribution in [0.4, 0.5) is 0 Å². The number of carbonyl (C=O) groups is 1. The molecule has 0 radical (unpaired) electrons. The van der Waals surface area contributed by atoms with Crippen LogP contribution in [0.15, 0.2) is 11.8 Å². The van der Waals surface area contributed by atoms with Crippen LogP contribution >= 0.6 is 0 Å². The zero-order valence-corrected chi connectivity index (χ0v) is 17.4. The topological polar surface area (TPSA) is 29.5 Å². The van der Waals surface area contributed by atoms with E-state index in [4.69, 9.17) is 4.74 Å². The van der Waals surface area contributed by atoms with Crippen molar-refractivity contribution in [1.29, 1.82) is 0 Å². The van der Waals surface area contributed by atoms with Gasteiger partial charge in [-0.3, -0.25) is 4.79 Å². The molecule has 0 aromatic carbocycles.